The van der Waals surface area contributed by atoms with E-state index in [1.54, 1.807) is 42.5 Å². The molecule has 0 aliphatic heterocycles. The zero-order chi connectivity index (χ0) is 14.8. The predicted molar refractivity (Wildman–Crippen MR) is 78.5 cm³/mol. The Morgan fingerprint density at radius 3 is 2.57 bits per heavy atom. The van der Waals surface area contributed by atoms with Crippen LogP contribution in [0, 0.1) is 0 Å². The summed E-state index contributed by atoms with van der Waals surface area (Å²) in [5.41, 5.74) is -0.150. The minimum atomic E-state index is -0.715. The van der Waals surface area contributed by atoms with E-state index < -0.39 is 11.5 Å². The molecule has 2 aromatic carbocycles. The first-order valence-corrected chi connectivity index (χ1v) is 6.27. The zero-order valence-corrected chi connectivity index (χ0v) is 10.9. The van der Waals surface area contributed by atoms with Crippen molar-refractivity contribution >= 4 is 22.6 Å². The number of fused-ring (bicyclic) bond motifs is 1. The third kappa shape index (κ3) is 2.49. The van der Waals surface area contributed by atoms with Crippen molar-refractivity contribution < 1.29 is 14.3 Å². The molecule has 0 unspecified atom stereocenters. The number of carbonyl (C=O) groups is 1. The molecule has 5 nitrogen and oxygen atoms in total. The van der Waals surface area contributed by atoms with E-state index in [2.05, 4.69) is 5.32 Å². The lowest BCUT2D eigenvalue weighted by Gasteiger charge is -2.05. The third-order valence-electron chi connectivity index (χ3n) is 3.02. The van der Waals surface area contributed by atoms with Gasteiger partial charge in [0.2, 0.25) is 0 Å². The van der Waals surface area contributed by atoms with Gasteiger partial charge in [-0.2, -0.15) is 0 Å². The Kier molecular flexibility index (Phi) is 3.16. The molecular formula is C16H11NO4. The number of anilines is 1. The Labute approximate surface area is 119 Å². The van der Waals surface area contributed by atoms with Crippen molar-refractivity contribution in [3.8, 4) is 5.75 Å². The monoisotopic (exact) mass is 281 g/mol. The van der Waals surface area contributed by atoms with Gasteiger partial charge >= 0.3 is 5.63 Å². The number of carbonyl (C=O) groups excluding carboxylic acids is 1. The number of aromatic hydroxyl groups is 1. The molecule has 0 saturated carbocycles. The number of para-hydroxylation sites is 1. The molecule has 104 valence electrons. The van der Waals surface area contributed by atoms with Gasteiger partial charge in [0.15, 0.2) is 11.3 Å². The molecule has 1 aromatic heterocycles. The third-order valence-corrected chi connectivity index (χ3v) is 3.02. The molecule has 0 atom stereocenters. The minimum Gasteiger partial charge on any atom is -0.504 e. The van der Waals surface area contributed by atoms with Crippen molar-refractivity contribution in [1.82, 2.24) is 0 Å². The van der Waals surface area contributed by atoms with Crippen LogP contribution in [-0.4, -0.2) is 11.0 Å². The van der Waals surface area contributed by atoms with Gasteiger partial charge in [0, 0.05) is 10.9 Å². The minimum absolute atomic E-state index is 0.0296. The summed E-state index contributed by atoms with van der Waals surface area (Å²) in [4.78, 5) is 23.9. The van der Waals surface area contributed by atoms with Gasteiger partial charge in [0.05, 0.1) is 0 Å². The maximum atomic E-state index is 12.0. The maximum absolute atomic E-state index is 12.0. The van der Waals surface area contributed by atoms with Crippen LogP contribution in [0.3, 0.4) is 0 Å². The Balaban J connectivity index is 2.00. The summed E-state index contributed by atoms with van der Waals surface area (Å²) < 4.78 is 5.04. The van der Waals surface area contributed by atoms with E-state index in [4.69, 9.17) is 4.42 Å². The van der Waals surface area contributed by atoms with Gasteiger partial charge in [-0.3, -0.25) is 4.79 Å². The van der Waals surface area contributed by atoms with Gasteiger partial charge < -0.3 is 14.8 Å². The van der Waals surface area contributed by atoms with Crippen molar-refractivity contribution in [3.05, 3.63) is 70.6 Å². The number of hydrogen-bond acceptors (Lipinski definition) is 4. The quantitative estimate of drug-likeness (QED) is 0.708. The number of rotatable bonds is 2. The number of benzene rings is 2. The topological polar surface area (TPSA) is 79.5 Å². The highest BCUT2D eigenvalue weighted by atomic mass is 16.4. The molecule has 0 bridgehead atoms. The first-order chi connectivity index (χ1) is 10.1. The number of phenolic OH excluding ortho intramolecular Hbond substituents is 1. The van der Waals surface area contributed by atoms with E-state index in [-0.39, 0.29) is 17.0 Å². The van der Waals surface area contributed by atoms with Crippen LogP contribution in [0.2, 0.25) is 0 Å². The van der Waals surface area contributed by atoms with Crippen LogP contribution >= 0.6 is 0 Å². The van der Waals surface area contributed by atoms with E-state index >= 15 is 0 Å². The van der Waals surface area contributed by atoms with Crippen molar-refractivity contribution in [3.63, 3.8) is 0 Å². The highest BCUT2D eigenvalue weighted by molar-refractivity contribution is 6.04. The molecule has 0 radical (unpaired) electrons. The number of hydrogen-bond donors (Lipinski definition) is 2. The van der Waals surface area contributed by atoms with Crippen molar-refractivity contribution in [2.75, 3.05) is 5.32 Å². The molecule has 0 aliphatic rings. The van der Waals surface area contributed by atoms with E-state index in [9.17, 15) is 14.7 Å². The molecule has 5 heteroatoms. The van der Waals surface area contributed by atoms with Gasteiger partial charge in [-0.05, 0) is 24.3 Å². The predicted octanol–water partition coefficient (Wildman–Crippen LogP) is 2.75. The van der Waals surface area contributed by atoms with Crippen LogP contribution in [0.5, 0.6) is 5.75 Å². The average molecular weight is 281 g/mol. The van der Waals surface area contributed by atoms with Gasteiger partial charge in [0.1, 0.15) is 5.69 Å². The van der Waals surface area contributed by atoms with Crippen LogP contribution < -0.4 is 10.9 Å². The highest BCUT2D eigenvalue weighted by Crippen LogP contribution is 2.24. The summed E-state index contributed by atoms with van der Waals surface area (Å²) in [7, 11) is 0. The van der Waals surface area contributed by atoms with E-state index in [1.165, 1.54) is 12.1 Å². The van der Waals surface area contributed by atoms with Crippen LogP contribution in [0.1, 0.15) is 10.4 Å². The summed E-state index contributed by atoms with van der Waals surface area (Å²) in [5, 5.41) is 12.7. The second-order valence-electron chi connectivity index (χ2n) is 4.46. The van der Waals surface area contributed by atoms with Gasteiger partial charge in [-0.15, -0.1) is 0 Å². The van der Waals surface area contributed by atoms with Crippen molar-refractivity contribution in [2.24, 2.45) is 0 Å². The molecule has 0 fully saturated rings. The Hall–Kier alpha value is -3.08. The molecule has 1 amide bonds. The van der Waals surface area contributed by atoms with Gasteiger partial charge in [-0.1, -0.05) is 30.3 Å². The van der Waals surface area contributed by atoms with Crippen LogP contribution in [0.4, 0.5) is 5.69 Å². The fraction of sp³-hybridized carbons (Fsp3) is 0. The first kappa shape index (κ1) is 12.9. The second-order valence-corrected chi connectivity index (χ2v) is 4.46. The fourth-order valence-corrected chi connectivity index (χ4v) is 2.00. The van der Waals surface area contributed by atoms with E-state index in [0.29, 0.717) is 10.9 Å². The highest BCUT2D eigenvalue weighted by Gasteiger charge is 2.12. The standard InChI is InChI=1S/C16H11NO4/c18-13-8-4-7-11-9-12(16(20)21-14(11)13)17-15(19)10-5-2-1-3-6-10/h1-9,18H,(H,17,19). The smallest absolute Gasteiger partial charge is 0.360 e. The molecule has 3 rings (SSSR count). The molecule has 21 heavy (non-hydrogen) atoms. The number of nitrogens with one attached hydrogen (secondary N) is 1. The lowest BCUT2D eigenvalue weighted by Crippen LogP contribution is -2.17. The largest absolute Gasteiger partial charge is 0.504 e. The molecule has 2 N–H and O–H groups in total. The summed E-state index contributed by atoms with van der Waals surface area (Å²) in [5.74, 6) is -0.520. The second kappa shape index (κ2) is 5.13. The molecule has 0 saturated heterocycles. The maximum Gasteiger partial charge on any atom is 0.360 e. The SMILES string of the molecule is O=C(Nc1cc2cccc(O)c2oc1=O)c1ccccc1. The van der Waals surface area contributed by atoms with Crippen LogP contribution in [0.15, 0.2) is 63.8 Å². The van der Waals surface area contributed by atoms with E-state index in [0.717, 1.165) is 0 Å². The average Bonchev–Trinajstić information content (AvgIpc) is 2.50. The van der Waals surface area contributed by atoms with E-state index in [1.807, 2.05) is 0 Å². The molecule has 3 aromatic rings. The first-order valence-electron chi connectivity index (χ1n) is 6.27. The zero-order valence-electron chi connectivity index (χ0n) is 10.9. The lowest BCUT2D eigenvalue weighted by atomic mass is 10.2. The summed E-state index contributed by atoms with van der Waals surface area (Å²) >= 11 is 0. The fourth-order valence-electron chi connectivity index (χ4n) is 2.00. The normalized spacial score (nSPS) is 10.5. The Morgan fingerprint density at radius 2 is 1.81 bits per heavy atom. The van der Waals surface area contributed by atoms with Gasteiger partial charge in [0.25, 0.3) is 5.91 Å². The molecule has 0 spiro atoms. The molecule has 0 aliphatic carbocycles. The summed E-state index contributed by atoms with van der Waals surface area (Å²) in [6.45, 7) is 0. The van der Waals surface area contributed by atoms with Gasteiger partial charge in [-0.25, -0.2) is 4.79 Å². The van der Waals surface area contributed by atoms with Crippen LogP contribution in [-0.2, 0) is 0 Å². The number of amides is 1. The Morgan fingerprint density at radius 1 is 1.05 bits per heavy atom. The molecule has 1 heterocycles. The lowest BCUT2D eigenvalue weighted by molar-refractivity contribution is 0.102. The molecular weight excluding hydrogens is 270 g/mol. The van der Waals surface area contributed by atoms with Crippen LogP contribution in [0.25, 0.3) is 11.0 Å². The van der Waals surface area contributed by atoms with Crippen molar-refractivity contribution in [2.45, 2.75) is 0 Å². The van der Waals surface area contributed by atoms with Crippen molar-refractivity contribution in [1.29, 1.82) is 0 Å². The Bertz CT molecular complexity index is 868. The number of phenols is 1. The summed E-state index contributed by atoms with van der Waals surface area (Å²) in [6.07, 6.45) is 0. The summed E-state index contributed by atoms with van der Waals surface area (Å²) in [6, 6.07) is 14.7.